The minimum absolute atomic E-state index is 0.648. The highest BCUT2D eigenvalue weighted by Crippen LogP contribution is 2.23. The highest BCUT2D eigenvalue weighted by Gasteiger charge is 1.96. The molecule has 2 aromatic rings. The summed E-state index contributed by atoms with van der Waals surface area (Å²) < 4.78 is 0. The molecule has 0 aromatic heterocycles. The van der Waals surface area contributed by atoms with E-state index in [-0.39, 0.29) is 0 Å². The van der Waals surface area contributed by atoms with E-state index < -0.39 is 0 Å². The van der Waals surface area contributed by atoms with Crippen molar-refractivity contribution < 1.29 is 4.84 Å². The summed E-state index contributed by atoms with van der Waals surface area (Å²) in [5.74, 6) is 5.69. The first-order chi connectivity index (χ1) is 6.29. The monoisotopic (exact) mass is 193 g/mol. The maximum absolute atomic E-state index is 5.84. The average molecular weight is 194 g/mol. The van der Waals surface area contributed by atoms with Crippen LogP contribution >= 0.6 is 11.6 Å². The molecule has 0 spiro atoms. The van der Waals surface area contributed by atoms with Crippen LogP contribution in [0.4, 0.5) is 0 Å². The lowest BCUT2D eigenvalue weighted by molar-refractivity contribution is 0.335. The molecule has 0 unspecified atom stereocenters. The van der Waals surface area contributed by atoms with Gasteiger partial charge in [-0.15, -0.1) is 0 Å². The molecule has 0 atom stereocenters. The fourth-order valence-electron chi connectivity index (χ4n) is 1.27. The van der Waals surface area contributed by atoms with Crippen molar-refractivity contribution in [3.05, 3.63) is 41.4 Å². The molecule has 2 N–H and O–H groups in total. The molecule has 0 heterocycles. The third kappa shape index (κ3) is 1.59. The Morgan fingerprint density at radius 3 is 2.46 bits per heavy atom. The van der Waals surface area contributed by atoms with Gasteiger partial charge in [0.1, 0.15) is 5.75 Å². The van der Waals surface area contributed by atoms with Gasteiger partial charge in [-0.1, -0.05) is 23.7 Å². The number of benzene rings is 2. The molecule has 0 aliphatic rings. The van der Waals surface area contributed by atoms with Crippen LogP contribution in [0.3, 0.4) is 0 Å². The summed E-state index contributed by atoms with van der Waals surface area (Å²) in [6.07, 6.45) is 0. The van der Waals surface area contributed by atoms with E-state index in [0.717, 1.165) is 15.8 Å². The summed E-state index contributed by atoms with van der Waals surface area (Å²) in [4.78, 5) is 4.62. The van der Waals surface area contributed by atoms with E-state index in [0.29, 0.717) is 5.75 Å². The molecule has 13 heavy (non-hydrogen) atoms. The van der Waals surface area contributed by atoms with Crippen molar-refractivity contribution in [3.63, 3.8) is 0 Å². The predicted octanol–water partition coefficient (Wildman–Crippen LogP) is 2.75. The molecule has 3 heteroatoms. The minimum Gasteiger partial charge on any atom is -0.412 e. The third-order valence-corrected chi connectivity index (χ3v) is 2.14. The molecule has 66 valence electrons. The zero-order valence-electron chi connectivity index (χ0n) is 6.83. The van der Waals surface area contributed by atoms with Crippen molar-refractivity contribution >= 4 is 22.4 Å². The number of nitrogens with two attached hydrogens (primary N) is 1. The second kappa shape index (κ2) is 3.24. The molecule has 0 saturated carbocycles. The Balaban J connectivity index is 2.66. The van der Waals surface area contributed by atoms with E-state index in [9.17, 15) is 0 Å². The number of hydrogen-bond donors (Lipinski definition) is 1. The molecule has 0 saturated heterocycles. The number of fused-ring (bicyclic) bond motifs is 1. The van der Waals surface area contributed by atoms with Crippen LogP contribution in [0.25, 0.3) is 10.8 Å². The number of rotatable bonds is 1. The van der Waals surface area contributed by atoms with Crippen LogP contribution in [-0.4, -0.2) is 0 Å². The van der Waals surface area contributed by atoms with Crippen molar-refractivity contribution in [1.82, 2.24) is 0 Å². The van der Waals surface area contributed by atoms with Crippen LogP contribution in [0.1, 0.15) is 0 Å². The van der Waals surface area contributed by atoms with Gasteiger partial charge in [0.15, 0.2) is 0 Å². The fraction of sp³-hybridized carbons (Fsp3) is 0. The summed E-state index contributed by atoms with van der Waals surface area (Å²) >= 11 is 5.84. The lowest BCUT2D eigenvalue weighted by atomic mass is 10.1. The summed E-state index contributed by atoms with van der Waals surface area (Å²) in [7, 11) is 0. The van der Waals surface area contributed by atoms with Gasteiger partial charge in [-0.3, -0.25) is 0 Å². The van der Waals surface area contributed by atoms with Gasteiger partial charge in [-0.2, -0.15) is 5.90 Å². The maximum atomic E-state index is 5.84. The zero-order valence-corrected chi connectivity index (χ0v) is 7.58. The minimum atomic E-state index is 0.648. The summed E-state index contributed by atoms with van der Waals surface area (Å²) in [5.41, 5.74) is 0. The first-order valence-corrected chi connectivity index (χ1v) is 4.23. The lowest BCUT2D eigenvalue weighted by Gasteiger charge is -2.01. The van der Waals surface area contributed by atoms with Crippen molar-refractivity contribution in [2.75, 3.05) is 0 Å². The van der Waals surface area contributed by atoms with Crippen molar-refractivity contribution in [1.29, 1.82) is 0 Å². The van der Waals surface area contributed by atoms with Crippen molar-refractivity contribution in [2.24, 2.45) is 5.90 Å². The molecule has 0 aliphatic carbocycles. The van der Waals surface area contributed by atoms with Gasteiger partial charge in [-0.25, -0.2) is 0 Å². The Kier molecular flexibility index (Phi) is 2.08. The zero-order chi connectivity index (χ0) is 9.26. The van der Waals surface area contributed by atoms with Crippen LogP contribution in [0.2, 0.25) is 5.02 Å². The molecule has 0 bridgehead atoms. The van der Waals surface area contributed by atoms with Crippen LogP contribution in [0.15, 0.2) is 36.4 Å². The topological polar surface area (TPSA) is 35.2 Å². The van der Waals surface area contributed by atoms with Gasteiger partial charge in [-0.05, 0) is 35.0 Å². The van der Waals surface area contributed by atoms with Crippen molar-refractivity contribution in [2.45, 2.75) is 0 Å². The Hall–Kier alpha value is -1.25. The Morgan fingerprint density at radius 1 is 1.00 bits per heavy atom. The van der Waals surface area contributed by atoms with Gasteiger partial charge in [0.05, 0.1) is 0 Å². The van der Waals surface area contributed by atoms with Gasteiger partial charge >= 0.3 is 0 Å². The van der Waals surface area contributed by atoms with E-state index in [1.807, 2.05) is 30.3 Å². The molecular formula is C10H8ClNO. The summed E-state index contributed by atoms with van der Waals surface area (Å²) in [6, 6.07) is 11.3. The van der Waals surface area contributed by atoms with Crippen LogP contribution in [0.5, 0.6) is 5.75 Å². The van der Waals surface area contributed by atoms with Crippen LogP contribution < -0.4 is 10.7 Å². The Morgan fingerprint density at radius 2 is 1.69 bits per heavy atom. The standard InChI is InChI=1S/C10H8ClNO/c11-9-3-1-8-6-10(13-12)4-2-7(8)5-9/h1-6H,12H2. The normalized spacial score (nSPS) is 10.3. The molecule has 2 rings (SSSR count). The first-order valence-electron chi connectivity index (χ1n) is 3.85. The van der Waals surface area contributed by atoms with E-state index in [2.05, 4.69) is 4.84 Å². The van der Waals surface area contributed by atoms with Gasteiger partial charge < -0.3 is 4.84 Å². The van der Waals surface area contributed by atoms with E-state index in [4.69, 9.17) is 17.5 Å². The van der Waals surface area contributed by atoms with Gasteiger partial charge in [0, 0.05) is 5.02 Å². The van der Waals surface area contributed by atoms with Gasteiger partial charge in [0.25, 0.3) is 0 Å². The first kappa shape index (κ1) is 8.35. The quantitative estimate of drug-likeness (QED) is 0.707. The average Bonchev–Trinajstić information content (AvgIpc) is 2.17. The van der Waals surface area contributed by atoms with Crippen LogP contribution in [0, 0.1) is 0 Å². The highest BCUT2D eigenvalue weighted by atomic mass is 35.5. The number of halogens is 1. The lowest BCUT2D eigenvalue weighted by Crippen LogP contribution is -2.01. The third-order valence-electron chi connectivity index (χ3n) is 1.91. The fourth-order valence-corrected chi connectivity index (χ4v) is 1.45. The molecule has 2 aromatic carbocycles. The molecule has 0 radical (unpaired) electrons. The Bertz CT molecular complexity index is 442. The molecule has 0 aliphatic heterocycles. The van der Waals surface area contributed by atoms with Crippen molar-refractivity contribution in [3.8, 4) is 5.75 Å². The summed E-state index contributed by atoms with van der Waals surface area (Å²) in [6.45, 7) is 0. The molecule has 0 amide bonds. The Labute approximate surface area is 80.8 Å². The SMILES string of the molecule is NOc1ccc2cc(Cl)ccc2c1. The van der Waals surface area contributed by atoms with E-state index in [1.54, 1.807) is 6.07 Å². The van der Waals surface area contributed by atoms with Crippen LogP contribution in [-0.2, 0) is 0 Å². The largest absolute Gasteiger partial charge is 0.412 e. The summed E-state index contributed by atoms with van der Waals surface area (Å²) in [5, 5.41) is 2.87. The molecule has 2 nitrogen and oxygen atoms in total. The number of hydrogen-bond acceptors (Lipinski definition) is 2. The smallest absolute Gasteiger partial charge is 0.147 e. The molecule has 0 fully saturated rings. The van der Waals surface area contributed by atoms with Gasteiger partial charge in [0.2, 0.25) is 0 Å². The predicted molar refractivity (Wildman–Crippen MR) is 53.8 cm³/mol. The highest BCUT2D eigenvalue weighted by molar-refractivity contribution is 6.31. The van der Waals surface area contributed by atoms with E-state index >= 15 is 0 Å². The maximum Gasteiger partial charge on any atom is 0.147 e. The second-order valence-electron chi connectivity index (χ2n) is 2.77. The second-order valence-corrected chi connectivity index (χ2v) is 3.21. The van der Waals surface area contributed by atoms with E-state index in [1.165, 1.54) is 0 Å². The molecular weight excluding hydrogens is 186 g/mol.